The lowest BCUT2D eigenvalue weighted by Crippen LogP contribution is -2.36. The van der Waals surface area contributed by atoms with Crippen molar-refractivity contribution in [3.05, 3.63) is 65.2 Å². The van der Waals surface area contributed by atoms with Gasteiger partial charge in [-0.1, -0.05) is 30.3 Å². The molecule has 0 spiro atoms. The molecule has 1 atom stereocenters. The number of thioether (sulfide) groups is 1. The highest BCUT2D eigenvalue weighted by atomic mass is 32.2. The number of imide groups is 1. The molecule has 2 heterocycles. The van der Waals surface area contributed by atoms with Crippen molar-refractivity contribution in [2.24, 2.45) is 0 Å². The van der Waals surface area contributed by atoms with Crippen molar-refractivity contribution in [1.82, 2.24) is 4.90 Å². The zero-order valence-electron chi connectivity index (χ0n) is 16.6. The van der Waals surface area contributed by atoms with E-state index in [4.69, 9.17) is 4.74 Å². The number of hydrogen-bond donors (Lipinski definition) is 1. The van der Waals surface area contributed by atoms with Gasteiger partial charge in [0, 0.05) is 12.3 Å². The van der Waals surface area contributed by atoms with Crippen LogP contribution in [0.25, 0.3) is 0 Å². The number of ether oxygens (including phenoxy) is 1. The minimum absolute atomic E-state index is 0.0840. The van der Waals surface area contributed by atoms with Crippen LogP contribution >= 0.6 is 11.8 Å². The summed E-state index contributed by atoms with van der Waals surface area (Å²) < 4.78 is 5.56. The van der Waals surface area contributed by atoms with Crippen LogP contribution in [-0.4, -0.2) is 53.4 Å². The Hall–Kier alpha value is -2.64. The molecule has 1 unspecified atom stereocenters. The van der Waals surface area contributed by atoms with E-state index in [-0.39, 0.29) is 30.4 Å². The predicted octanol–water partition coefficient (Wildman–Crippen LogP) is 3.38. The molecule has 0 saturated carbocycles. The topological polar surface area (TPSA) is 75.7 Å². The van der Waals surface area contributed by atoms with Gasteiger partial charge in [-0.2, -0.15) is 11.8 Å². The number of carbonyl (C=O) groups is 3. The van der Waals surface area contributed by atoms with Crippen LogP contribution in [-0.2, 0) is 16.0 Å². The first kappa shape index (κ1) is 20.6. The first-order chi connectivity index (χ1) is 14.6. The minimum atomic E-state index is -0.321. The van der Waals surface area contributed by atoms with Gasteiger partial charge in [0.25, 0.3) is 11.8 Å². The maximum Gasteiger partial charge on any atom is 0.261 e. The second-order valence-electron chi connectivity index (χ2n) is 7.45. The van der Waals surface area contributed by atoms with E-state index >= 15 is 0 Å². The van der Waals surface area contributed by atoms with Crippen LogP contribution < -0.4 is 5.32 Å². The van der Waals surface area contributed by atoms with E-state index in [0.717, 1.165) is 25.0 Å². The quantitative estimate of drug-likeness (QED) is 0.519. The van der Waals surface area contributed by atoms with Gasteiger partial charge in [0.1, 0.15) is 0 Å². The van der Waals surface area contributed by atoms with E-state index in [2.05, 4.69) is 17.4 Å². The smallest absolute Gasteiger partial charge is 0.261 e. The van der Waals surface area contributed by atoms with Crippen LogP contribution in [0.3, 0.4) is 0 Å². The summed E-state index contributed by atoms with van der Waals surface area (Å²) in [6.07, 6.45) is 2.64. The fourth-order valence-electron chi connectivity index (χ4n) is 3.72. The largest absolute Gasteiger partial charge is 0.376 e. The van der Waals surface area contributed by atoms with E-state index in [9.17, 15) is 14.4 Å². The molecule has 2 aromatic rings. The van der Waals surface area contributed by atoms with E-state index < -0.39 is 0 Å². The lowest BCUT2D eigenvalue weighted by atomic mass is 10.1. The number of aryl methyl sites for hydroxylation is 1. The molecule has 0 radical (unpaired) electrons. The van der Waals surface area contributed by atoms with Crippen LogP contribution in [0.1, 0.15) is 39.1 Å². The van der Waals surface area contributed by atoms with E-state index in [0.29, 0.717) is 29.2 Å². The summed E-state index contributed by atoms with van der Waals surface area (Å²) in [4.78, 5) is 38.8. The number of anilines is 1. The molecule has 0 aliphatic carbocycles. The van der Waals surface area contributed by atoms with Gasteiger partial charge in [-0.15, -0.1) is 0 Å². The van der Waals surface area contributed by atoms with Gasteiger partial charge < -0.3 is 10.1 Å². The lowest BCUT2D eigenvalue weighted by molar-refractivity contribution is -0.113. The Bertz CT molecular complexity index is 941. The Kier molecular flexibility index (Phi) is 6.50. The highest BCUT2D eigenvalue weighted by Crippen LogP contribution is 2.27. The summed E-state index contributed by atoms with van der Waals surface area (Å²) in [6, 6.07) is 15.0. The van der Waals surface area contributed by atoms with Gasteiger partial charge >= 0.3 is 0 Å². The summed E-state index contributed by atoms with van der Waals surface area (Å²) in [5.74, 6) is 0.453. The SMILES string of the molecule is O=C(CSCCc1ccccc1)Nc1ccc2c(c1)C(=O)N(CC1CCCO1)C2=O. The molecular formula is C23H24N2O4S. The van der Waals surface area contributed by atoms with Gasteiger partial charge in [-0.3, -0.25) is 19.3 Å². The zero-order valence-corrected chi connectivity index (χ0v) is 17.5. The average Bonchev–Trinajstić information content (AvgIpc) is 3.35. The molecule has 30 heavy (non-hydrogen) atoms. The second-order valence-corrected chi connectivity index (χ2v) is 8.56. The van der Waals surface area contributed by atoms with Crippen molar-refractivity contribution in [3.63, 3.8) is 0 Å². The average molecular weight is 425 g/mol. The fraction of sp³-hybridized carbons (Fsp3) is 0.348. The number of nitrogens with zero attached hydrogens (tertiary/aromatic N) is 1. The van der Waals surface area contributed by atoms with Crippen LogP contribution in [0, 0.1) is 0 Å². The first-order valence-electron chi connectivity index (χ1n) is 10.1. The van der Waals surface area contributed by atoms with Gasteiger partial charge in [-0.25, -0.2) is 0 Å². The number of nitrogens with one attached hydrogen (secondary N) is 1. The summed E-state index contributed by atoms with van der Waals surface area (Å²) in [7, 11) is 0. The molecule has 2 aromatic carbocycles. The maximum absolute atomic E-state index is 12.7. The molecule has 1 N–H and O–H groups in total. The number of fused-ring (bicyclic) bond motifs is 1. The third kappa shape index (κ3) is 4.74. The number of rotatable bonds is 8. The normalized spacial score (nSPS) is 18.0. The Morgan fingerprint density at radius 3 is 2.67 bits per heavy atom. The van der Waals surface area contributed by atoms with E-state index in [1.54, 1.807) is 30.0 Å². The van der Waals surface area contributed by atoms with Crippen LogP contribution in [0.4, 0.5) is 5.69 Å². The summed E-state index contributed by atoms with van der Waals surface area (Å²) in [5, 5.41) is 2.83. The number of amides is 3. The van der Waals surface area contributed by atoms with Crippen molar-refractivity contribution < 1.29 is 19.1 Å². The molecule has 6 nitrogen and oxygen atoms in total. The molecule has 2 aliphatic heterocycles. The van der Waals surface area contributed by atoms with Crippen LogP contribution in [0.15, 0.2) is 48.5 Å². The summed E-state index contributed by atoms with van der Waals surface area (Å²) >= 11 is 1.56. The minimum Gasteiger partial charge on any atom is -0.376 e. The standard InChI is InChI=1S/C23H24N2O4S/c26-21(15-30-12-10-16-5-2-1-3-6-16)24-17-8-9-19-20(13-17)23(28)25(22(19)27)14-18-7-4-11-29-18/h1-3,5-6,8-9,13,18H,4,7,10-12,14-15H2,(H,24,26). The number of carbonyl (C=O) groups excluding carboxylic acids is 3. The zero-order chi connectivity index (χ0) is 20.9. The third-order valence-electron chi connectivity index (χ3n) is 5.28. The third-order valence-corrected chi connectivity index (χ3v) is 6.23. The Labute approximate surface area is 180 Å². The molecule has 0 aromatic heterocycles. The molecule has 156 valence electrons. The van der Waals surface area contributed by atoms with Crippen molar-refractivity contribution in [2.45, 2.75) is 25.4 Å². The molecule has 1 fully saturated rings. The van der Waals surface area contributed by atoms with Gasteiger partial charge in [-0.05, 0) is 48.8 Å². The van der Waals surface area contributed by atoms with E-state index in [1.165, 1.54) is 10.5 Å². The highest BCUT2D eigenvalue weighted by Gasteiger charge is 2.37. The predicted molar refractivity (Wildman–Crippen MR) is 117 cm³/mol. The molecule has 0 bridgehead atoms. The van der Waals surface area contributed by atoms with Gasteiger partial charge in [0.2, 0.25) is 5.91 Å². The summed E-state index contributed by atoms with van der Waals surface area (Å²) in [6.45, 7) is 0.958. The molecular weight excluding hydrogens is 400 g/mol. The van der Waals surface area contributed by atoms with Crippen molar-refractivity contribution in [2.75, 3.05) is 30.0 Å². The Morgan fingerprint density at radius 2 is 1.90 bits per heavy atom. The lowest BCUT2D eigenvalue weighted by Gasteiger charge is -2.17. The summed E-state index contributed by atoms with van der Waals surface area (Å²) in [5.41, 5.74) is 2.50. The highest BCUT2D eigenvalue weighted by molar-refractivity contribution is 7.99. The Morgan fingerprint density at radius 1 is 1.10 bits per heavy atom. The van der Waals surface area contributed by atoms with Crippen LogP contribution in [0.5, 0.6) is 0 Å². The molecule has 3 amide bonds. The van der Waals surface area contributed by atoms with E-state index in [1.807, 2.05) is 18.2 Å². The monoisotopic (exact) mass is 424 g/mol. The molecule has 1 saturated heterocycles. The Balaban J connectivity index is 1.30. The number of hydrogen-bond acceptors (Lipinski definition) is 5. The van der Waals surface area contributed by atoms with Crippen molar-refractivity contribution in [1.29, 1.82) is 0 Å². The molecule has 4 rings (SSSR count). The second kappa shape index (κ2) is 9.45. The van der Waals surface area contributed by atoms with Gasteiger partial charge in [0.15, 0.2) is 0 Å². The fourth-order valence-corrected chi connectivity index (χ4v) is 4.50. The molecule has 7 heteroatoms. The molecule has 2 aliphatic rings. The first-order valence-corrected chi connectivity index (χ1v) is 11.3. The van der Waals surface area contributed by atoms with Crippen LogP contribution in [0.2, 0.25) is 0 Å². The number of benzene rings is 2. The van der Waals surface area contributed by atoms with Crippen molar-refractivity contribution in [3.8, 4) is 0 Å². The maximum atomic E-state index is 12.7. The van der Waals surface area contributed by atoms with Gasteiger partial charge in [0.05, 0.1) is 29.5 Å². The van der Waals surface area contributed by atoms with Crippen molar-refractivity contribution >= 4 is 35.2 Å².